The average molecular weight is 433 g/mol. The summed E-state index contributed by atoms with van der Waals surface area (Å²) >= 11 is 0. The topological polar surface area (TPSA) is 87.1 Å². The highest BCUT2D eigenvalue weighted by atomic mass is 31.1. The summed E-state index contributed by atoms with van der Waals surface area (Å²) in [7, 11) is 1.70. The van der Waals surface area contributed by atoms with Crippen LogP contribution in [-0.4, -0.2) is 46.5 Å². The number of unbranched alkanes of at least 4 members (excludes halogenated alkanes) is 2. The van der Waals surface area contributed by atoms with Crippen LogP contribution in [-0.2, 0) is 16.0 Å². The molecule has 2 atom stereocenters. The van der Waals surface area contributed by atoms with Crippen LogP contribution in [0.15, 0.2) is 36.2 Å². The summed E-state index contributed by atoms with van der Waals surface area (Å²) in [6.45, 7) is 2.35. The maximum atomic E-state index is 12.4. The summed E-state index contributed by atoms with van der Waals surface area (Å²) in [5.41, 5.74) is 0.970. The maximum Gasteiger partial charge on any atom is 0.303 e. The summed E-state index contributed by atoms with van der Waals surface area (Å²) in [5, 5.41) is 18.9. The van der Waals surface area contributed by atoms with Gasteiger partial charge in [0.15, 0.2) is 0 Å². The van der Waals surface area contributed by atoms with E-state index >= 15 is 0 Å². The number of carboxylic acid groups (broad SMARTS) is 1. The SMILES string of the molecule is CCCCC(=O)N(CC#CCCCC(=O)O)P/C=C/C(O)Cc1cccc(OC)c1. The first-order valence-electron chi connectivity index (χ1n) is 10.2. The van der Waals surface area contributed by atoms with Crippen molar-refractivity contribution in [3.63, 3.8) is 0 Å². The zero-order valence-corrected chi connectivity index (χ0v) is 18.8. The van der Waals surface area contributed by atoms with Gasteiger partial charge in [-0.3, -0.25) is 9.59 Å². The van der Waals surface area contributed by atoms with Crippen LogP contribution in [0.5, 0.6) is 5.75 Å². The Morgan fingerprint density at radius 1 is 1.27 bits per heavy atom. The molecule has 1 amide bonds. The van der Waals surface area contributed by atoms with Gasteiger partial charge in [-0.25, -0.2) is 0 Å². The lowest BCUT2D eigenvalue weighted by Crippen LogP contribution is -2.22. The Bertz CT molecular complexity index is 753. The molecule has 2 N–H and O–H groups in total. The van der Waals surface area contributed by atoms with E-state index in [1.54, 1.807) is 17.9 Å². The number of methoxy groups -OCH3 is 1. The van der Waals surface area contributed by atoms with Crippen molar-refractivity contribution in [1.82, 2.24) is 4.67 Å². The zero-order valence-electron chi connectivity index (χ0n) is 17.8. The van der Waals surface area contributed by atoms with Crippen LogP contribution in [0.1, 0.15) is 51.0 Å². The van der Waals surface area contributed by atoms with E-state index in [4.69, 9.17) is 9.84 Å². The third-order valence-electron chi connectivity index (χ3n) is 4.23. The van der Waals surface area contributed by atoms with Crippen LogP contribution in [0.25, 0.3) is 0 Å². The van der Waals surface area contributed by atoms with Crippen LogP contribution >= 0.6 is 8.73 Å². The molecule has 30 heavy (non-hydrogen) atoms. The molecule has 0 bridgehead atoms. The van der Waals surface area contributed by atoms with E-state index < -0.39 is 12.1 Å². The Kier molecular flexibility index (Phi) is 13.3. The molecule has 0 saturated carbocycles. The van der Waals surface area contributed by atoms with Gasteiger partial charge >= 0.3 is 5.97 Å². The van der Waals surface area contributed by atoms with Gasteiger partial charge in [-0.15, -0.1) is 5.92 Å². The van der Waals surface area contributed by atoms with Gasteiger partial charge < -0.3 is 19.6 Å². The van der Waals surface area contributed by atoms with Crippen LogP contribution < -0.4 is 4.74 Å². The zero-order chi connectivity index (χ0) is 22.2. The Morgan fingerprint density at radius 3 is 2.77 bits per heavy atom. The molecule has 7 heteroatoms. The number of benzene rings is 1. The first-order chi connectivity index (χ1) is 14.5. The number of carbonyl (C=O) groups excluding carboxylic acids is 1. The second kappa shape index (κ2) is 15.5. The Labute approximate surface area is 181 Å². The molecule has 6 nitrogen and oxygen atoms in total. The van der Waals surface area contributed by atoms with Gasteiger partial charge in [0.2, 0.25) is 5.91 Å². The van der Waals surface area contributed by atoms with Crippen molar-refractivity contribution >= 4 is 20.6 Å². The summed E-state index contributed by atoms with van der Waals surface area (Å²) in [4.78, 5) is 22.9. The number of carbonyl (C=O) groups is 2. The fourth-order valence-electron chi connectivity index (χ4n) is 2.57. The van der Waals surface area contributed by atoms with E-state index in [2.05, 4.69) is 11.8 Å². The molecular formula is C23H32NO5P. The monoisotopic (exact) mass is 433 g/mol. The van der Waals surface area contributed by atoms with Gasteiger partial charge in [0.05, 0.1) is 19.8 Å². The molecule has 1 aromatic carbocycles. The summed E-state index contributed by atoms with van der Waals surface area (Å²) in [6.07, 6.45) is 4.87. The molecule has 0 saturated heterocycles. The minimum Gasteiger partial charge on any atom is -0.497 e. The molecule has 1 aromatic rings. The lowest BCUT2D eigenvalue weighted by molar-refractivity contribution is -0.137. The third kappa shape index (κ3) is 11.6. The van der Waals surface area contributed by atoms with Crippen LogP contribution in [0, 0.1) is 11.8 Å². The second-order valence-electron chi connectivity index (χ2n) is 6.80. The van der Waals surface area contributed by atoms with Gasteiger partial charge in [-0.1, -0.05) is 37.5 Å². The minimum absolute atomic E-state index is 0.0435. The minimum atomic E-state index is -0.827. The van der Waals surface area contributed by atoms with Crippen LogP contribution in [0.2, 0.25) is 0 Å². The van der Waals surface area contributed by atoms with E-state index in [0.717, 1.165) is 24.2 Å². The number of amides is 1. The number of aliphatic hydroxyl groups excluding tert-OH is 1. The lowest BCUT2D eigenvalue weighted by atomic mass is 10.1. The molecular weight excluding hydrogens is 401 g/mol. The molecule has 0 aromatic heterocycles. The molecule has 1 rings (SSSR count). The molecule has 0 aliphatic carbocycles. The number of nitrogens with zero attached hydrogens (tertiary/aromatic N) is 1. The number of hydrogen-bond donors (Lipinski definition) is 2. The van der Waals surface area contributed by atoms with E-state index in [1.807, 2.05) is 37.0 Å². The van der Waals surface area contributed by atoms with Crippen molar-refractivity contribution < 1.29 is 24.5 Å². The normalized spacial score (nSPS) is 12.0. The highest BCUT2D eigenvalue weighted by Gasteiger charge is 2.11. The molecule has 164 valence electrons. The van der Waals surface area contributed by atoms with Gasteiger partial charge in [-0.2, -0.15) is 0 Å². The maximum absolute atomic E-state index is 12.4. The smallest absolute Gasteiger partial charge is 0.303 e. The summed E-state index contributed by atoms with van der Waals surface area (Å²) in [6, 6.07) is 7.56. The Morgan fingerprint density at radius 2 is 2.07 bits per heavy atom. The molecule has 0 aliphatic heterocycles. The van der Waals surface area contributed by atoms with Crippen LogP contribution in [0.4, 0.5) is 0 Å². The molecule has 0 heterocycles. The third-order valence-corrected chi connectivity index (χ3v) is 5.29. The van der Waals surface area contributed by atoms with E-state index in [0.29, 0.717) is 32.2 Å². The van der Waals surface area contributed by atoms with Crippen LogP contribution in [0.3, 0.4) is 0 Å². The van der Waals surface area contributed by atoms with Gasteiger partial charge in [0, 0.05) is 34.4 Å². The van der Waals surface area contributed by atoms with Crippen molar-refractivity contribution in [2.24, 2.45) is 0 Å². The van der Waals surface area contributed by atoms with E-state index in [-0.39, 0.29) is 21.1 Å². The number of hydrogen-bond acceptors (Lipinski definition) is 4. The van der Waals surface area contributed by atoms with Crippen molar-refractivity contribution in [1.29, 1.82) is 0 Å². The largest absolute Gasteiger partial charge is 0.497 e. The van der Waals surface area contributed by atoms with Crippen molar-refractivity contribution in [2.75, 3.05) is 13.7 Å². The number of ether oxygens (including phenoxy) is 1. The van der Waals surface area contributed by atoms with Gasteiger partial charge in [0.25, 0.3) is 0 Å². The van der Waals surface area contributed by atoms with Gasteiger partial charge in [-0.05, 0) is 36.4 Å². The predicted molar refractivity (Wildman–Crippen MR) is 121 cm³/mol. The Hall–Kier alpha value is -2.35. The predicted octanol–water partition coefficient (Wildman–Crippen LogP) is 3.98. The first kappa shape index (κ1) is 25.7. The van der Waals surface area contributed by atoms with E-state index in [1.165, 1.54) is 0 Å². The highest BCUT2D eigenvalue weighted by molar-refractivity contribution is 7.39. The fraction of sp³-hybridized carbons (Fsp3) is 0.478. The van der Waals surface area contributed by atoms with Gasteiger partial charge in [0.1, 0.15) is 5.75 Å². The van der Waals surface area contributed by atoms with E-state index in [9.17, 15) is 14.7 Å². The quantitative estimate of drug-likeness (QED) is 0.279. The standard InChI is InChI=1S/C23H32NO5P/c1-3-4-12-22(26)24(15-8-6-5-7-13-23(27)28)30-16-14-20(25)17-19-10-9-11-21(18-19)29-2/h9-11,14,16,18,20,25,30H,3-5,7,12-13,15,17H2,1-2H3,(H,27,28)/b16-14+. The molecule has 0 spiro atoms. The number of rotatable bonds is 13. The van der Waals surface area contributed by atoms with Crippen molar-refractivity contribution in [2.45, 2.75) is 58.0 Å². The summed E-state index contributed by atoms with van der Waals surface area (Å²) < 4.78 is 6.89. The first-order valence-corrected chi connectivity index (χ1v) is 11.2. The fourth-order valence-corrected chi connectivity index (χ4v) is 3.49. The number of aliphatic carboxylic acids is 1. The number of carboxylic acids is 1. The lowest BCUT2D eigenvalue weighted by Gasteiger charge is -2.18. The average Bonchev–Trinajstić information content (AvgIpc) is 2.72. The summed E-state index contributed by atoms with van der Waals surface area (Å²) in [5.74, 6) is 7.69. The molecule has 0 fully saturated rings. The molecule has 0 aliphatic rings. The second-order valence-corrected chi connectivity index (χ2v) is 7.93. The van der Waals surface area contributed by atoms with Crippen molar-refractivity contribution in [3.8, 4) is 17.6 Å². The highest BCUT2D eigenvalue weighted by Crippen LogP contribution is 2.22. The molecule has 2 unspecified atom stereocenters. The van der Waals surface area contributed by atoms with Crippen molar-refractivity contribution in [3.05, 3.63) is 41.7 Å². The Balaban J connectivity index is 2.58. The number of aliphatic hydroxyl groups is 1. The molecule has 0 radical (unpaired) electrons.